The van der Waals surface area contributed by atoms with Crippen LogP contribution in [0.2, 0.25) is 0 Å². The van der Waals surface area contributed by atoms with Gasteiger partial charge in [-0.05, 0) is 22.0 Å². The molecule has 0 heterocycles. The quantitative estimate of drug-likeness (QED) is 0.360. The Hall–Kier alpha value is -1.47. The minimum absolute atomic E-state index is 0.102. The van der Waals surface area contributed by atoms with Crippen LogP contribution in [0.5, 0.6) is 0 Å². The molecule has 0 aliphatic heterocycles. The number of nitro benzene ring substituents is 1. The summed E-state index contributed by atoms with van der Waals surface area (Å²) in [6.07, 6.45) is 0. The molecule has 0 bridgehead atoms. The van der Waals surface area contributed by atoms with Gasteiger partial charge in [0.1, 0.15) is 6.61 Å². The monoisotopic (exact) mass is 303 g/mol. The number of hydrogen-bond acceptors (Lipinski definition) is 5. The van der Waals surface area contributed by atoms with E-state index in [1.807, 2.05) is 0 Å². The Morgan fingerprint density at radius 3 is 2.76 bits per heavy atom. The van der Waals surface area contributed by atoms with Gasteiger partial charge in [-0.25, -0.2) is 4.79 Å². The maximum atomic E-state index is 11.6. The number of esters is 1. The molecule has 0 unspecified atom stereocenters. The van der Waals surface area contributed by atoms with Gasteiger partial charge >= 0.3 is 5.97 Å². The van der Waals surface area contributed by atoms with Crippen molar-refractivity contribution in [3.63, 3.8) is 0 Å². The van der Waals surface area contributed by atoms with Gasteiger partial charge in [0.25, 0.3) is 5.69 Å². The number of nitrogens with zero attached hydrogens (tertiary/aromatic N) is 1. The predicted octanol–water partition coefficient (Wildman–Crippen LogP) is 2.16. The Balaban J connectivity index is 2.84. The largest absolute Gasteiger partial charge is 0.460 e. The van der Waals surface area contributed by atoms with E-state index in [1.54, 1.807) is 0 Å². The maximum Gasteiger partial charge on any atom is 0.339 e. The fourth-order valence-corrected chi connectivity index (χ4v) is 1.49. The molecular weight excluding hydrogens is 294 g/mol. The Kier molecular flexibility index (Phi) is 5.05. The number of carbonyl (C=O) groups is 1. The highest BCUT2D eigenvalue weighted by Gasteiger charge is 2.16. The second kappa shape index (κ2) is 6.31. The molecular formula is C10H10BrNO5. The number of benzene rings is 1. The Labute approximate surface area is 106 Å². The summed E-state index contributed by atoms with van der Waals surface area (Å²) >= 11 is 3.13. The average Bonchev–Trinajstić information content (AvgIpc) is 2.29. The van der Waals surface area contributed by atoms with Crippen molar-refractivity contribution in [2.45, 2.75) is 0 Å². The van der Waals surface area contributed by atoms with Crippen LogP contribution >= 0.6 is 15.9 Å². The minimum atomic E-state index is -0.627. The van der Waals surface area contributed by atoms with Crippen molar-refractivity contribution in [1.29, 1.82) is 0 Å². The molecule has 1 rings (SSSR count). The number of rotatable bonds is 5. The van der Waals surface area contributed by atoms with Crippen LogP contribution in [0.25, 0.3) is 0 Å². The summed E-state index contributed by atoms with van der Waals surface area (Å²) in [6.45, 7) is 0.378. The molecule has 0 fully saturated rings. The van der Waals surface area contributed by atoms with Crippen LogP contribution in [0.3, 0.4) is 0 Å². The van der Waals surface area contributed by atoms with E-state index >= 15 is 0 Å². The fraction of sp³-hybridized carbons (Fsp3) is 0.300. The average molecular weight is 304 g/mol. The van der Waals surface area contributed by atoms with Crippen LogP contribution in [0.1, 0.15) is 10.4 Å². The summed E-state index contributed by atoms with van der Waals surface area (Å²) in [6, 6.07) is 3.90. The van der Waals surface area contributed by atoms with Crippen LogP contribution in [-0.2, 0) is 9.47 Å². The van der Waals surface area contributed by atoms with E-state index in [2.05, 4.69) is 15.9 Å². The van der Waals surface area contributed by atoms with E-state index in [9.17, 15) is 14.9 Å². The highest BCUT2D eigenvalue weighted by atomic mass is 79.9. The first-order valence-electron chi connectivity index (χ1n) is 4.66. The lowest BCUT2D eigenvalue weighted by atomic mass is 10.2. The van der Waals surface area contributed by atoms with Crippen LogP contribution in [0, 0.1) is 10.1 Å². The summed E-state index contributed by atoms with van der Waals surface area (Å²) in [5, 5.41) is 10.6. The number of carbonyl (C=O) groups excluding carboxylic acids is 1. The van der Waals surface area contributed by atoms with Crippen molar-refractivity contribution in [1.82, 2.24) is 0 Å². The summed E-state index contributed by atoms with van der Waals surface area (Å²) < 4.78 is 10.0. The second-order valence-corrected chi connectivity index (χ2v) is 3.90. The van der Waals surface area contributed by atoms with Crippen molar-refractivity contribution in [3.8, 4) is 0 Å². The normalized spacial score (nSPS) is 10.0. The first kappa shape index (κ1) is 13.6. The highest BCUT2D eigenvalue weighted by Crippen LogP contribution is 2.23. The maximum absolute atomic E-state index is 11.6. The molecule has 6 nitrogen and oxygen atoms in total. The molecule has 7 heteroatoms. The van der Waals surface area contributed by atoms with Crippen LogP contribution in [0.15, 0.2) is 22.7 Å². The molecule has 0 saturated heterocycles. The molecule has 0 aromatic heterocycles. The molecule has 92 valence electrons. The highest BCUT2D eigenvalue weighted by molar-refractivity contribution is 9.10. The third-order valence-corrected chi connectivity index (χ3v) is 2.59. The lowest BCUT2D eigenvalue weighted by Crippen LogP contribution is -2.10. The molecule has 0 N–H and O–H groups in total. The zero-order valence-electron chi connectivity index (χ0n) is 9.01. The number of ether oxygens (including phenoxy) is 2. The second-order valence-electron chi connectivity index (χ2n) is 3.05. The lowest BCUT2D eigenvalue weighted by molar-refractivity contribution is -0.384. The van der Waals surface area contributed by atoms with Crippen molar-refractivity contribution in [2.24, 2.45) is 0 Å². The molecule has 1 aromatic carbocycles. The van der Waals surface area contributed by atoms with Gasteiger partial charge in [0, 0.05) is 23.7 Å². The van der Waals surface area contributed by atoms with Crippen molar-refractivity contribution in [2.75, 3.05) is 20.3 Å². The first-order valence-corrected chi connectivity index (χ1v) is 5.45. The number of hydrogen-bond donors (Lipinski definition) is 0. The van der Waals surface area contributed by atoms with E-state index in [-0.39, 0.29) is 24.5 Å². The summed E-state index contributed by atoms with van der Waals surface area (Å²) in [7, 11) is 1.48. The standard InChI is InChI=1S/C10H10BrNO5/c1-16-4-5-17-10(13)8-6-7(12(14)15)2-3-9(8)11/h2-3,6H,4-5H2,1H3. The fourth-order valence-electron chi connectivity index (χ4n) is 1.08. The van der Waals surface area contributed by atoms with Crippen molar-refractivity contribution in [3.05, 3.63) is 38.3 Å². The number of nitro groups is 1. The zero-order chi connectivity index (χ0) is 12.8. The first-order chi connectivity index (χ1) is 8.06. The molecule has 0 aliphatic rings. The molecule has 0 amide bonds. The number of halogens is 1. The van der Waals surface area contributed by atoms with Crippen LogP contribution in [-0.4, -0.2) is 31.2 Å². The Bertz CT molecular complexity index is 435. The van der Waals surface area contributed by atoms with Gasteiger partial charge in [-0.3, -0.25) is 10.1 Å². The third kappa shape index (κ3) is 3.79. The molecule has 0 saturated carbocycles. The van der Waals surface area contributed by atoms with Gasteiger partial charge in [0.15, 0.2) is 0 Å². The molecule has 1 aromatic rings. The van der Waals surface area contributed by atoms with E-state index in [4.69, 9.17) is 9.47 Å². The molecule has 0 radical (unpaired) electrons. The van der Waals surface area contributed by atoms with Crippen molar-refractivity contribution < 1.29 is 19.2 Å². The van der Waals surface area contributed by atoms with E-state index in [0.29, 0.717) is 4.47 Å². The smallest absolute Gasteiger partial charge is 0.339 e. The topological polar surface area (TPSA) is 78.7 Å². The minimum Gasteiger partial charge on any atom is -0.460 e. The van der Waals surface area contributed by atoms with Crippen LogP contribution < -0.4 is 0 Å². The van der Waals surface area contributed by atoms with E-state index in [0.717, 1.165) is 0 Å². The lowest BCUT2D eigenvalue weighted by Gasteiger charge is -2.05. The van der Waals surface area contributed by atoms with E-state index in [1.165, 1.54) is 25.3 Å². The van der Waals surface area contributed by atoms with Gasteiger partial charge in [-0.1, -0.05) is 0 Å². The summed E-state index contributed by atoms with van der Waals surface area (Å²) in [5.41, 5.74) is -0.0396. The Morgan fingerprint density at radius 2 is 2.18 bits per heavy atom. The van der Waals surface area contributed by atoms with Crippen LogP contribution in [0.4, 0.5) is 5.69 Å². The predicted molar refractivity (Wildman–Crippen MR) is 63.0 cm³/mol. The van der Waals surface area contributed by atoms with Crippen molar-refractivity contribution >= 4 is 27.6 Å². The molecule has 0 atom stereocenters. The van der Waals surface area contributed by atoms with Gasteiger partial charge in [-0.2, -0.15) is 0 Å². The van der Waals surface area contributed by atoms with Gasteiger partial charge in [0.05, 0.1) is 17.1 Å². The summed E-state index contributed by atoms with van der Waals surface area (Å²) in [4.78, 5) is 21.6. The number of methoxy groups -OCH3 is 1. The Morgan fingerprint density at radius 1 is 1.47 bits per heavy atom. The number of non-ortho nitro benzene ring substituents is 1. The van der Waals surface area contributed by atoms with Gasteiger partial charge in [-0.15, -0.1) is 0 Å². The van der Waals surface area contributed by atoms with E-state index < -0.39 is 10.9 Å². The zero-order valence-corrected chi connectivity index (χ0v) is 10.6. The van der Waals surface area contributed by atoms with Gasteiger partial charge in [0.2, 0.25) is 0 Å². The molecule has 17 heavy (non-hydrogen) atoms. The molecule has 0 spiro atoms. The summed E-state index contributed by atoms with van der Waals surface area (Å²) in [5.74, 6) is -0.627. The van der Waals surface area contributed by atoms with Gasteiger partial charge < -0.3 is 9.47 Å². The third-order valence-electron chi connectivity index (χ3n) is 1.90. The SMILES string of the molecule is COCCOC(=O)c1cc([N+](=O)[O-])ccc1Br. The molecule has 0 aliphatic carbocycles.